The maximum Gasteiger partial charge on any atom is 0.418 e. The van der Waals surface area contributed by atoms with Crippen molar-refractivity contribution in [1.29, 1.82) is 0 Å². The topological polar surface area (TPSA) is 128 Å². The Balaban J connectivity index is 1.45. The second kappa shape index (κ2) is 11.5. The van der Waals surface area contributed by atoms with Crippen LogP contribution in [0.25, 0.3) is 0 Å². The molecule has 39 heavy (non-hydrogen) atoms. The Kier molecular flexibility index (Phi) is 8.26. The van der Waals surface area contributed by atoms with E-state index in [1.807, 2.05) is 0 Å². The fourth-order valence-corrected chi connectivity index (χ4v) is 4.42. The van der Waals surface area contributed by atoms with Crippen LogP contribution in [0.4, 0.5) is 30.2 Å². The van der Waals surface area contributed by atoms with Gasteiger partial charge in [0.15, 0.2) is 5.78 Å². The predicted molar refractivity (Wildman–Crippen MR) is 138 cm³/mol. The van der Waals surface area contributed by atoms with Gasteiger partial charge in [-0.15, -0.1) is 0 Å². The number of amides is 1. The number of pyridine rings is 2. The van der Waals surface area contributed by atoms with E-state index in [1.165, 1.54) is 50.0 Å². The molecule has 2 aromatic heterocycles. The first kappa shape index (κ1) is 28.1. The van der Waals surface area contributed by atoms with Crippen molar-refractivity contribution in [2.75, 3.05) is 31.4 Å². The van der Waals surface area contributed by atoms with E-state index >= 15 is 0 Å². The molecule has 1 aliphatic rings. The van der Waals surface area contributed by atoms with Crippen LogP contribution in [0.5, 0.6) is 5.75 Å². The Labute approximate surface area is 226 Å². The lowest BCUT2D eigenvalue weighted by Crippen LogP contribution is -2.43. The van der Waals surface area contributed by atoms with Gasteiger partial charge >= 0.3 is 6.18 Å². The number of carbonyl (C=O) groups is 2. The molecule has 1 amide bonds. The molecule has 0 saturated carbocycles. The summed E-state index contributed by atoms with van der Waals surface area (Å²) in [4.78, 5) is 34.2. The van der Waals surface area contributed by atoms with Gasteiger partial charge in [0.2, 0.25) is 5.91 Å². The number of aromatic nitrogens is 2. The van der Waals surface area contributed by atoms with Crippen LogP contribution in [0.3, 0.4) is 0 Å². The summed E-state index contributed by atoms with van der Waals surface area (Å²) >= 11 is 6.34. The van der Waals surface area contributed by atoms with Crippen molar-refractivity contribution in [2.24, 2.45) is 5.41 Å². The van der Waals surface area contributed by atoms with Gasteiger partial charge in [0.1, 0.15) is 5.75 Å². The highest BCUT2D eigenvalue weighted by atomic mass is 35.5. The molecule has 1 aliphatic heterocycles. The molecule has 0 aliphatic carbocycles. The standard InChI is InChI=1S/C26H25ClF3N5O4/c1-38-18-2-3-21(19(8-18)26(28,29)30)35-17-7-20(27)22(33-12-17)13-34-24(37)25(4-5-39-14-25)9-23(36)15-6-16(31)11-32-10-15/h2-3,6-8,10-12,35H,4-5,9,13-14,31H2,1H3,(H,34,37)/t25-/m0/s1. The van der Waals surface area contributed by atoms with Gasteiger partial charge in [0.05, 0.1) is 65.2 Å². The zero-order chi connectivity index (χ0) is 28.2. The smallest absolute Gasteiger partial charge is 0.418 e. The number of halogens is 4. The number of hydrogen-bond acceptors (Lipinski definition) is 8. The van der Waals surface area contributed by atoms with Crippen molar-refractivity contribution in [3.05, 3.63) is 70.8 Å². The van der Waals surface area contributed by atoms with Crippen LogP contribution in [0.2, 0.25) is 5.02 Å². The van der Waals surface area contributed by atoms with E-state index in [0.29, 0.717) is 30.0 Å². The van der Waals surface area contributed by atoms with Crippen molar-refractivity contribution in [3.8, 4) is 5.75 Å². The molecule has 1 saturated heterocycles. The number of alkyl halides is 3. The molecule has 1 aromatic carbocycles. The molecule has 206 valence electrons. The Hall–Kier alpha value is -3.90. The van der Waals surface area contributed by atoms with Crippen molar-refractivity contribution < 1.29 is 32.2 Å². The lowest BCUT2D eigenvalue weighted by atomic mass is 9.80. The second-order valence-electron chi connectivity index (χ2n) is 9.06. The van der Waals surface area contributed by atoms with Gasteiger partial charge in [-0.1, -0.05) is 11.6 Å². The summed E-state index contributed by atoms with van der Waals surface area (Å²) in [6, 6.07) is 6.43. The summed E-state index contributed by atoms with van der Waals surface area (Å²) in [5, 5.41) is 5.56. The molecule has 1 atom stereocenters. The quantitative estimate of drug-likeness (QED) is 0.317. The third-order valence-electron chi connectivity index (χ3n) is 6.31. The highest BCUT2D eigenvalue weighted by molar-refractivity contribution is 6.31. The molecule has 9 nitrogen and oxygen atoms in total. The summed E-state index contributed by atoms with van der Waals surface area (Å²) < 4.78 is 50.9. The molecular formula is C26H25ClF3N5O4. The van der Waals surface area contributed by atoms with E-state index in [4.69, 9.17) is 26.8 Å². The van der Waals surface area contributed by atoms with Crippen LogP contribution in [0, 0.1) is 5.41 Å². The van der Waals surface area contributed by atoms with E-state index in [1.54, 1.807) is 0 Å². The van der Waals surface area contributed by atoms with E-state index in [9.17, 15) is 22.8 Å². The monoisotopic (exact) mass is 563 g/mol. The number of ketones is 1. The number of ether oxygens (including phenoxy) is 2. The van der Waals surface area contributed by atoms with Crippen LogP contribution >= 0.6 is 11.6 Å². The molecule has 4 N–H and O–H groups in total. The Morgan fingerprint density at radius 3 is 2.64 bits per heavy atom. The van der Waals surface area contributed by atoms with Crippen molar-refractivity contribution in [1.82, 2.24) is 15.3 Å². The maximum absolute atomic E-state index is 13.5. The summed E-state index contributed by atoms with van der Waals surface area (Å²) in [5.74, 6) is -0.635. The van der Waals surface area contributed by atoms with Gasteiger partial charge in [-0.2, -0.15) is 13.2 Å². The van der Waals surface area contributed by atoms with E-state index in [0.717, 1.165) is 6.07 Å². The summed E-state index contributed by atoms with van der Waals surface area (Å²) in [6.07, 6.45) is -0.262. The van der Waals surface area contributed by atoms with E-state index in [-0.39, 0.29) is 47.5 Å². The van der Waals surface area contributed by atoms with Crippen LogP contribution in [-0.4, -0.2) is 42.0 Å². The Morgan fingerprint density at radius 1 is 1.21 bits per heavy atom. The highest BCUT2D eigenvalue weighted by Crippen LogP contribution is 2.39. The van der Waals surface area contributed by atoms with E-state index in [2.05, 4.69) is 20.6 Å². The lowest BCUT2D eigenvalue weighted by molar-refractivity contribution is -0.137. The third-order valence-corrected chi connectivity index (χ3v) is 6.64. The number of rotatable bonds is 9. The fraction of sp³-hybridized carbons (Fsp3) is 0.308. The van der Waals surface area contributed by atoms with Crippen LogP contribution in [0.1, 0.15) is 34.5 Å². The number of benzene rings is 1. The number of anilines is 3. The average Bonchev–Trinajstić information content (AvgIpc) is 3.37. The molecule has 0 unspecified atom stereocenters. The largest absolute Gasteiger partial charge is 0.497 e. The fourth-order valence-electron chi connectivity index (χ4n) is 4.19. The Morgan fingerprint density at radius 2 is 2.00 bits per heavy atom. The van der Waals surface area contributed by atoms with Gasteiger partial charge in [-0.25, -0.2) is 0 Å². The maximum atomic E-state index is 13.5. The molecule has 0 radical (unpaired) electrons. The Bertz CT molecular complexity index is 1380. The number of methoxy groups -OCH3 is 1. The minimum absolute atomic E-state index is 0.0619. The minimum Gasteiger partial charge on any atom is -0.497 e. The molecule has 0 bridgehead atoms. The number of nitrogens with one attached hydrogen (secondary N) is 2. The molecular weight excluding hydrogens is 539 g/mol. The van der Waals surface area contributed by atoms with Crippen LogP contribution in [-0.2, 0) is 22.3 Å². The van der Waals surface area contributed by atoms with Gasteiger partial charge in [-0.05, 0) is 36.8 Å². The van der Waals surface area contributed by atoms with Crippen LogP contribution in [0.15, 0.2) is 48.9 Å². The number of carbonyl (C=O) groups excluding carboxylic acids is 2. The lowest BCUT2D eigenvalue weighted by Gasteiger charge is -2.25. The number of hydrogen-bond donors (Lipinski definition) is 3. The predicted octanol–water partition coefficient (Wildman–Crippen LogP) is 4.78. The molecule has 3 aromatic rings. The summed E-state index contributed by atoms with van der Waals surface area (Å²) in [7, 11) is 1.28. The molecule has 4 rings (SSSR count). The molecule has 13 heteroatoms. The number of Topliss-reactive ketones (excluding diaryl/α,β-unsaturated/α-hetero) is 1. The van der Waals surface area contributed by atoms with Crippen molar-refractivity contribution in [3.63, 3.8) is 0 Å². The minimum atomic E-state index is -4.62. The molecule has 1 fully saturated rings. The van der Waals surface area contributed by atoms with Gasteiger partial charge < -0.3 is 25.8 Å². The van der Waals surface area contributed by atoms with Crippen molar-refractivity contribution in [2.45, 2.75) is 25.6 Å². The van der Waals surface area contributed by atoms with Crippen LogP contribution < -0.4 is 21.1 Å². The number of nitrogen functional groups attached to an aromatic ring is 1. The van der Waals surface area contributed by atoms with Gasteiger partial charge in [0, 0.05) is 31.0 Å². The number of nitrogens with zero attached hydrogens (tertiary/aromatic N) is 2. The average molecular weight is 564 g/mol. The molecule has 0 spiro atoms. The first-order chi connectivity index (χ1) is 18.5. The molecule has 3 heterocycles. The second-order valence-corrected chi connectivity index (χ2v) is 9.47. The SMILES string of the molecule is COc1ccc(Nc2cnc(CNC(=O)[C@]3(CC(=O)c4cncc(N)c4)CCOC3)c(Cl)c2)c(C(F)(F)F)c1. The van der Waals surface area contributed by atoms with E-state index < -0.39 is 23.1 Å². The third kappa shape index (κ3) is 6.58. The summed E-state index contributed by atoms with van der Waals surface area (Å²) in [5.41, 5.74) is 4.66. The zero-order valence-electron chi connectivity index (χ0n) is 20.8. The van der Waals surface area contributed by atoms with Crippen molar-refractivity contribution >= 4 is 40.4 Å². The van der Waals surface area contributed by atoms with Gasteiger partial charge in [0.25, 0.3) is 0 Å². The van der Waals surface area contributed by atoms with Gasteiger partial charge in [-0.3, -0.25) is 19.6 Å². The summed E-state index contributed by atoms with van der Waals surface area (Å²) in [6.45, 7) is 0.318. The number of nitrogens with two attached hydrogens (primary N) is 1. The first-order valence-corrected chi connectivity index (χ1v) is 12.1. The highest BCUT2D eigenvalue weighted by Gasteiger charge is 2.44. The zero-order valence-corrected chi connectivity index (χ0v) is 21.5. The normalized spacial score (nSPS) is 17.1. The first-order valence-electron chi connectivity index (χ1n) is 11.8.